The van der Waals surface area contributed by atoms with E-state index in [9.17, 15) is 13.2 Å². The van der Waals surface area contributed by atoms with Crippen LogP contribution in [0.2, 0.25) is 0 Å². The minimum absolute atomic E-state index is 0.117. The van der Waals surface area contributed by atoms with E-state index in [4.69, 9.17) is 5.11 Å². The van der Waals surface area contributed by atoms with Crippen molar-refractivity contribution in [2.45, 2.75) is 39.1 Å². The summed E-state index contributed by atoms with van der Waals surface area (Å²) in [7, 11) is 0. The molecule has 0 atom stereocenters. The molecule has 0 saturated heterocycles. The van der Waals surface area contributed by atoms with E-state index in [1.807, 2.05) is 25.7 Å². The van der Waals surface area contributed by atoms with Gasteiger partial charge in [0.25, 0.3) is 0 Å². The van der Waals surface area contributed by atoms with Crippen molar-refractivity contribution in [3.8, 4) is 0 Å². The van der Waals surface area contributed by atoms with Crippen LogP contribution >= 0.6 is 0 Å². The molecule has 0 unspecified atom stereocenters. The average molecular weight is 287 g/mol. The fourth-order valence-corrected chi connectivity index (χ4v) is 2.03. The van der Waals surface area contributed by atoms with Gasteiger partial charge in [0.2, 0.25) is 0 Å². The Hall–Kier alpha value is -1.49. The van der Waals surface area contributed by atoms with Crippen LogP contribution in [0.4, 0.5) is 18.9 Å². The van der Waals surface area contributed by atoms with E-state index >= 15 is 0 Å². The minimum atomic E-state index is -4.48. The molecule has 0 aliphatic carbocycles. The summed E-state index contributed by atoms with van der Waals surface area (Å²) in [5, 5.41) is 9.04. The molecule has 0 radical (unpaired) electrons. The Morgan fingerprint density at radius 2 is 1.85 bits per heavy atom. The number of rotatable bonds is 4. The summed E-state index contributed by atoms with van der Waals surface area (Å²) in [4.78, 5) is 1.83. The molecule has 0 aromatic heterocycles. The van der Waals surface area contributed by atoms with Crippen molar-refractivity contribution in [1.29, 1.82) is 0 Å². The van der Waals surface area contributed by atoms with Gasteiger partial charge < -0.3 is 10.0 Å². The Morgan fingerprint density at radius 1 is 1.25 bits per heavy atom. The van der Waals surface area contributed by atoms with Crippen LogP contribution in [0, 0.1) is 0 Å². The Balaban J connectivity index is 3.35. The molecule has 0 amide bonds. The fourth-order valence-electron chi connectivity index (χ4n) is 2.03. The zero-order valence-electron chi connectivity index (χ0n) is 12.0. The molecule has 1 aromatic rings. The normalized spacial score (nSPS) is 12.3. The molecule has 1 aromatic carbocycles. The first-order valence-electron chi connectivity index (χ1n) is 6.30. The largest absolute Gasteiger partial charge is 0.416 e. The molecule has 0 aliphatic rings. The highest BCUT2D eigenvalue weighted by Crippen LogP contribution is 2.36. The van der Waals surface area contributed by atoms with E-state index in [2.05, 4.69) is 6.58 Å². The number of benzene rings is 1. The highest BCUT2D eigenvalue weighted by molar-refractivity contribution is 5.54. The van der Waals surface area contributed by atoms with Crippen LogP contribution in [0.3, 0.4) is 0 Å². The Morgan fingerprint density at radius 3 is 2.25 bits per heavy atom. The lowest BCUT2D eigenvalue weighted by atomic mass is 10.0. The molecule has 1 N–H and O–H groups in total. The van der Waals surface area contributed by atoms with Gasteiger partial charge >= 0.3 is 6.18 Å². The molecule has 0 bridgehead atoms. The molecule has 1 rings (SSSR count). The van der Waals surface area contributed by atoms with Gasteiger partial charge in [0.1, 0.15) is 0 Å². The molecule has 0 heterocycles. The topological polar surface area (TPSA) is 23.5 Å². The molecule has 5 heteroatoms. The molecule has 20 heavy (non-hydrogen) atoms. The highest BCUT2D eigenvalue weighted by atomic mass is 19.4. The second-order valence-corrected chi connectivity index (χ2v) is 5.57. The number of anilines is 1. The zero-order valence-corrected chi connectivity index (χ0v) is 12.0. The number of nitrogens with zero attached hydrogens (tertiary/aromatic N) is 1. The first kappa shape index (κ1) is 16.6. The predicted molar refractivity (Wildman–Crippen MR) is 74.7 cm³/mol. The lowest BCUT2D eigenvalue weighted by Gasteiger charge is -2.37. The van der Waals surface area contributed by atoms with Crippen molar-refractivity contribution >= 4 is 5.69 Å². The summed E-state index contributed by atoms with van der Waals surface area (Å²) in [6.45, 7) is 9.21. The molecule has 0 spiro atoms. The van der Waals surface area contributed by atoms with Gasteiger partial charge in [-0.2, -0.15) is 13.2 Å². The van der Waals surface area contributed by atoms with Crippen molar-refractivity contribution in [3.63, 3.8) is 0 Å². The summed E-state index contributed by atoms with van der Waals surface area (Å²) >= 11 is 0. The lowest BCUT2D eigenvalue weighted by Crippen LogP contribution is -2.41. The number of halogens is 3. The summed E-state index contributed by atoms with van der Waals surface area (Å²) in [6, 6.07) is 4.00. The maximum atomic E-state index is 13.0. The molecular formula is C15H20F3NO. The van der Waals surface area contributed by atoms with Gasteiger partial charge in [-0.25, -0.2) is 0 Å². The third kappa shape index (κ3) is 3.76. The number of hydrogen-bond donors (Lipinski definition) is 1. The first-order valence-corrected chi connectivity index (χ1v) is 6.30. The molecule has 112 valence electrons. The predicted octanol–water partition coefficient (Wildman–Crippen LogP) is 3.99. The van der Waals surface area contributed by atoms with Crippen LogP contribution in [0.25, 0.3) is 0 Å². The van der Waals surface area contributed by atoms with E-state index in [0.29, 0.717) is 12.2 Å². The summed E-state index contributed by atoms with van der Waals surface area (Å²) in [6.07, 6.45) is -2.83. The summed E-state index contributed by atoms with van der Waals surface area (Å²) in [5.74, 6) is 0. The summed E-state index contributed by atoms with van der Waals surface area (Å²) < 4.78 is 39.0. The standard InChI is InChI=1S/C15H20F3NO/c1-5-8-19(14(2,3)4)12-7-6-11(10-20)13(9-12)15(16,17)18/h5-7,9,20H,1,8,10H2,2-4H3. The van der Waals surface area contributed by atoms with Gasteiger partial charge in [0, 0.05) is 17.8 Å². The van der Waals surface area contributed by atoms with Gasteiger partial charge in [0.15, 0.2) is 0 Å². The second-order valence-electron chi connectivity index (χ2n) is 5.57. The highest BCUT2D eigenvalue weighted by Gasteiger charge is 2.34. The SMILES string of the molecule is C=CCN(c1ccc(CO)c(C(F)(F)F)c1)C(C)(C)C. The number of alkyl halides is 3. The van der Waals surface area contributed by atoms with Crippen molar-refractivity contribution in [2.75, 3.05) is 11.4 Å². The third-order valence-electron chi connectivity index (χ3n) is 3.00. The van der Waals surface area contributed by atoms with E-state index in [1.54, 1.807) is 12.1 Å². The molecule has 0 aliphatic heterocycles. The zero-order chi connectivity index (χ0) is 15.6. The average Bonchev–Trinajstić information content (AvgIpc) is 2.32. The van der Waals surface area contributed by atoms with Crippen LogP contribution in [0.15, 0.2) is 30.9 Å². The van der Waals surface area contributed by atoms with Crippen molar-refractivity contribution in [3.05, 3.63) is 42.0 Å². The number of hydrogen-bond acceptors (Lipinski definition) is 2. The van der Waals surface area contributed by atoms with Crippen LogP contribution in [0.1, 0.15) is 31.9 Å². The molecule has 2 nitrogen and oxygen atoms in total. The maximum Gasteiger partial charge on any atom is 0.416 e. The molecular weight excluding hydrogens is 267 g/mol. The minimum Gasteiger partial charge on any atom is -0.392 e. The Labute approximate surface area is 117 Å². The van der Waals surface area contributed by atoms with Crippen LogP contribution in [-0.4, -0.2) is 17.2 Å². The molecule has 0 saturated carbocycles. The third-order valence-corrected chi connectivity index (χ3v) is 3.00. The van der Waals surface area contributed by atoms with Gasteiger partial charge in [-0.15, -0.1) is 6.58 Å². The smallest absolute Gasteiger partial charge is 0.392 e. The second kappa shape index (κ2) is 5.87. The van der Waals surface area contributed by atoms with Gasteiger partial charge in [-0.3, -0.25) is 0 Å². The number of aliphatic hydroxyl groups excluding tert-OH is 1. The van der Waals surface area contributed by atoms with Crippen molar-refractivity contribution < 1.29 is 18.3 Å². The van der Waals surface area contributed by atoms with E-state index in [-0.39, 0.29) is 11.1 Å². The first-order chi connectivity index (χ1) is 9.11. The van der Waals surface area contributed by atoms with Gasteiger partial charge in [0.05, 0.1) is 12.2 Å². The summed E-state index contributed by atoms with van der Waals surface area (Å²) in [5.41, 5.74) is -0.788. The Kier molecular flexibility index (Phi) is 4.86. The molecule has 0 fully saturated rings. The van der Waals surface area contributed by atoms with Crippen molar-refractivity contribution in [1.82, 2.24) is 0 Å². The van der Waals surface area contributed by atoms with Crippen LogP contribution in [-0.2, 0) is 12.8 Å². The van der Waals surface area contributed by atoms with E-state index in [1.165, 1.54) is 6.07 Å². The van der Waals surface area contributed by atoms with Gasteiger partial charge in [-0.1, -0.05) is 12.1 Å². The van der Waals surface area contributed by atoms with E-state index < -0.39 is 18.3 Å². The Bertz CT molecular complexity index is 475. The number of aliphatic hydroxyl groups is 1. The lowest BCUT2D eigenvalue weighted by molar-refractivity contribution is -0.138. The van der Waals surface area contributed by atoms with E-state index in [0.717, 1.165) is 6.07 Å². The van der Waals surface area contributed by atoms with Gasteiger partial charge in [-0.05, 0) is 38.5 Å². The quantitative estimate of drug-likeness (QED) is 0.846. The maximum absolute atomic E-state index is 13.0. The van der Waals surface area contributed by atoms with Crippen molar-refractivity contribution in [2.24, 2.45) is 0 Å². The fraction of sp³-hybridized carbons (Fsp3) is 0.467. The van der Waals surface area contributed by atoms with Crippen LogP contribution < -0.4 is 4.90 Å². The van der Waals surface area contributed by atoms with Crippen LogP contribution in [0.5, 0.6) is 0 Å². The monoisotopic (exact) mass is 287 g/mol.